The third kappa shape index (κ3) is 1.39. The molecule has 0 radical (unpaired) electrons. The van der Waals surface area contributed by atoms with Crippen LogP contribution in [0.3, 0.4) is 0 Å². The highest BCUT2D eigenvalue weighted by molar-refractivity contribution is 9.10. The summed E-state index contributed by atoms with van der Waals surface area (Å²) < 4.78 is 2.60. The number of halogens is 1. The molecule has 2 rings (SSSR count). The fourth-order valence-electron chi connectivity index (χ4n) is 1.17. The first-order valence-electron chi connectivity index (χ1n) is 4.01. The highest BCUT2D eigenvalue weighted by Crippen LogP contribution is 2.17. The summed E-state index contributed by atoms with van der Waals surface area (Å²) in [5.41, 5.74) is 7.13. The van der Waals surface area contributed by atoms with Crippen LogP contribution in [0.5, 0.6) is 0 Å². The molecule has 0 fully saturated rings. The summed E-state index contributed by atoms with van der Waals surface area (Å²) in [7, 11) is 0. The Morgan fingerprint density at radius 2 is 2.38 bits per heavy atom. The molecule has 0 aliphatic carbocycles. The summed E-state index contributed by atoms with van der Waals surface area (Å²) in [5, 5.41) is 4.25. The molecule has 2 N–H and O–H groups in total. The zero-order chi connectivity index (χ0) is 9.42. The fourth-order valence-corrected chi connectivity index (χ4v) is 1.61. The molecule has 68 valence electrons. The molecule has 0 amide bonds. The average molecular weight is 241 g/mol. The molecule has 2 aromatic rings. The van der Waals surface area contributed by atoms with Crippen LogP contribution in [0.4, 0.5) is 5.69 Å². The normalized spacial score (nSPS) is 10.9. The predicted octanol–water partition coefficient (Wildman–Crippen LogP) is 1.64. The third-order valence-corrected chi connectivity index (χ3v) is 2.22. The van der Waals surface area contributed by atoms with Crippen LogP contribution < -0.4 is 5.73 Å². The van der Waals surface area contributed by atoms with E-state index in [0.717, 1.165) is 22.4 Å². The SMILES string of the molecule is CCc1nc2c(N)cc(Br)cn2n1. The second kappa shape index (κ2) is 2.99. The van der Waals surface area contributed by atoms with Gasteiger partial charge in [0.2, 0.25) is 0 Å². The highest BCUT2D eigenvalue weighted by atomic mass is 79.9. The van der Waals surface area contributed by atoms with Crippen molar-refractivity contribution in [1.82, 2.24) is 14.6 Å². The van der Waals surface area contributed by atoms with Gasteiger partial charge in [0.25, 0.3) is 0 Å². The van der Waals surface area contributed by atoms with Crippen molar-refractivity contribution < 1.29 is 0 Å². The van der Waals surface area contributed by atoms with Gasteiger partial charge in [-0.05, 0) is 22.0 Å². The molecule has 2 heterocycles. The van der Waals surface area contributed by atoms with Crippen molar-refractivity contribution >= 4 is 27.3 Å². The van der Waals surface area contributed by atoms with Crippen molar-refractivity contribution in [1.29, 1.82) is 0 Å². The van der Waals surface area contributed by atoms with Crippen molar-refractivity contribution in [2.24, 2.45) is 0 Å². The van der Waals surface area contributed by atoms with E-state index in [-0.39, 0.29) is 0 Å². The van der Waals surface area contributed by atoms with E-state index in [2.05, 4.69) is 26.0 Å². The quantitative estimate of drug-likeness (QED) is 0.825. The van der Waals surface area contributed by atoms with Crippen molar-refractivity contribution in [3.8, 4) is 0 Å². The number of anilines is 1. The van der Waals surface area contributed by atoms with Crippen LogP contribution in [0, 0.1) is 0 Å². The second-order valence-corrected chi connectivity index (χ2v) is 3.68. The highest BCUT2D eigenvalue weighted by Gasteiger charge is 2.05. The van der Waals surface area contributed by atoms with E-state index in [0.29, 0.717) is 5.69 Å². The molecule has 0 bridgehead atoms. The summed E-state index contributed by atoms with van der Waals surface area (Å²) in [6, 6.07) is 1.82. The Morgan fingerprint density at radius 3 is 3.08 bits per heavy atom. The van der Waals surface area contributed by atoms with Gasteiger partial charge >= 0.3 is 0 Å². The van der Waals surface area contributed by atoms with Gasteiger partial charge in [-0.3, -0.25) is 0 Å². The topological polar surface area (TPSA) is 56.2 Å². The van der Waals surface area contributed by atoms with Crippen molar-refractivity contribution in [2.45, 2.75) is 13.3 Å². The number of aromatic nitrogens is 3. The number of nitrogens with two attached hydrogens (primary N) is 1. The van der Waals surface area contributed by atoms with E-state index >= 15 is 0 Å². The zero-order valence-electron chi connectivity index (χ0n) is 7.16. The van der Waals surface area contributed by atoms with E-state index < -0.39 is 0 Å². The number of hydrogen-bond donors (Lipinski definition) is 1. The van der Waals surface area contributed by atoms with Crippen LogP contribution in [0.1, 0.15) is 12.7 Å². The Labute approximate surface area is 83.9 Å². The largest absolute Gasteiger partial charge is 0.396 e. The molecule has 0 aromatic carbocycles. The fraction of sp³-hybridized carbons (Fsp3) is 0.250. The summed E-state index contributed by atoms with van der Waals surface area (Å²) >= 11 is 3.35. The predicted molar refractivity (Wildman–Crippen MR) is 54.5 cm³/mol. The molecule has 0 unspecified atom stereocenters. The number of nitrogen functional groups attached to an aromatic ring is 1. The van der Waals surface area contributed by atoms with Gasteiger partial charge in [-0.15, -0.1) is 0 Å². The number of rotatable bonds is 1. The van der Waals surface area contributed by atoms with Gasteiger partial charge < -0.3 is 5.73 Å². The number of nitrogens with zero attached hydrogens (tertiary/aromatic N) is 3. The maximum atomic E-state index is 5.77. The van der Waals surface area contributed by atoms with Gasteiger partial charge in [0.05, 0.1) is 5.69 Å². The summed E-state index contributed by atoms with van der Waals surface area (Å²) in [6.45, 7) is 2.01. The van der Waals surface area contributed by atoms with E-state index in [9.17, 15) is 0 Å². The number of hydrogen-bond acceptors (Lipinski definition) is 3. The molecule has 4 nitrogen and oxygen atoms in total. The molecule has 2 aromatic heterocycles. The average Bonchev–Trinajstić information content (AvgIpc) is 2.47. The van der Waals surface area contributed by atoms with Crippen LogP contribution >= 0.6 is 15.9 Å². The molecule has 0 spiro atoms. The molecular formula is C8H9BrN4. The zero-order valence-corrected chi connectivity index (χ0v) is 8.74. The molecule has 13 heavy (non-hydrogen) atoms. The summed E-state index contributed by atoms with van der Waals surface area (Å²) in [4.78, 5) is 4.28. The minimum Gasteiger partial charge on any atom is -0.396 e. The maximum Gasteiger partial charge on any atom is 0.178 e. The summed E-state index contributed by atoms with van der Waals surface area (Å²) in [6.07, 6.45) is 2.66. The first kappa shape index (κ1) is 8.50. The standard InChI is InChI=1S/C8H9BrN4/c1-2-7-11-8-6(10)3-5(9)4-13(8)12-7/h3-4H,2,10H2,1H3. The second-order valence-electron chi connectivity index (χ2n) is 2.76. The van der Waals surface area contributed by atoms with Gasteiger partial charge in [-0.1, -0.05) is 6.92 Å². The molecule has 0 aliphatic rings. The minimum absolute atomic E-state index is 0.640. The number of pyridine rings is 1. The van der Waals surface area contributed by atoms with Crippen LogP contribution in [0.2, 0.25) is 0 Å². The van der Waals surface area contributed by atoms with E-state index in [1.807, 2.05) is 19.2 Å². The lowest BCUT2D eigenvalue weighted by Gasteiger charge is -1.96. The maximum absolute atomic E-state index is 5.77. The number of aryl methyl sites for hydroxylation is 1. The van der Waals surface area contributed by atoms with E-state index in [1.54, 1.807) is 4.52 Å². The smallest absolute Gasteiger partial charge is 0.178 e. The monoisotopic (exact) mass is 240 g/mol. The van der Waals surface area contributed by atoms with Gasteiger partial charge in [-0.2, -0.15) is 5.10 Å². The first-order chi connectivity index (χ1) is 6.20. The van der Waals surface area contributed by atoms with E-state index in [4.69, 9.17) is 5.73 Å². The van der Waals surface area contributed by atoms with Crippen LogP contribution in [-0.4, -0.2) is 14.6 Å². The van der Waals surface area contributed by atoms with Crippen LogP contribution in [0.25, 0.3) is 5.65 Å². The lowest BCUT2D eigenvalue weighted by atomic mass is 10.4. The Hall–Kier alpha value is -1.10. The van der Waals surface area contributed by atoms with Gasteiger partial charge in [0, 0.05) is 17.1 Å². The van der Waals surface area contributed by atoms with Crippen molar-refractivity contribution in [2.75, 3.05) is 5.73 Å². The van der Waals surface area contributed by atoms with Crippen molar-refractivity contribution in [3.05, 3.63) is 22.6 Å². The molecular weight excluding hydrogens is 232 g/mol. The lowest BCUT2D eigenvalue weighted by molar-refractivity contribution is 0.884. The lowest BCUT2D eigenvalue weighted by Crippen LogP contribution is -1.93. The first-order valence-corrected chi connectivity index (χ1v) is 4.80. The molecule has 0 saturated carbocycles. The van der Waals surface area contributed by atoms with Crippen LogP contribution in [0.15, 0.2) is 16.7 Å². The Morgan fingerprint density at radius 1 is 1.62 bits per heavy atom. The van der Waals surface area contributed by atoms with Gasteiger partial charge in [0.1, 0.15) is 0 Å². The Bertz CT molecular complexity index is 449. The van der Waals surface area contributed by atoms with Crippen molar-refractivity contribution in [3.63, 3.8) is 0 Å². The van der Waals surface area contributed by atoms with E-state index in [1.165, 1.54) is 0 Å². The Kier molecular flexibility index (Phi) is 1.95. The van der Waals surface area contributed by atoms with Crippen LogP contribution in [-0.2, 0) is 6.42 Å². The van der Waals surface area contributed by atoms with Gasteiger partial charge in [-0.25, -0.2) is 9.50 Å². The molecule has 5 heteroatoms. The third-order valence-electron chi connectivity index (χ3n) is 1.79. The summed E-state index contributed by atoms with van der Waals surface area (Å²) in [5.74, 6) is 0.810. The Balaban J connectivity index is 2.75. The molecule has 0 saturated heterocycles. The molecule has 0 atom stereocenters. The number of fused-ring (bicyclic) bond motifs is 1. The molecule has 0 aliphatic heterocycles. The minimum atomic E-state index is 0.640. The van der Waals surface area contributed by atoms with Gasteiger partial charge in [0.15, 0.2) is 11.5 Å².